The summed E-state index contributed by atoms with van der Waals surface area (Å²) in [6.45, 7) is -0.784. The maximum Gasteiger partial charge on any atom is 0.277 e. The van der Waals surface area contributed by atoms with Gasteiger partial charge in [-0.05, 0) is 30.3 Å². The lowest BCUT2D eigenvalue weighted by molar-refractivity contribution is -0.116. The smallest absolute Gasteiger partial charge is 0.277 e. The lowest BCUT2D eigenvalue weighted by Crippen LogP contribution is -2.28. The van der Waals surface area contributed by atoms with E-state index in [-0.39, 0.29) is 22.6 Å². The van der Waals surface area contributed by atoms with Crippen LogP contribution in [0.2, 0.25) is 5.02 Å². The number of anilines is 1. The van der Waals surface area contributed by atoms with Crippen LogP contribution >= 0.6 is 11.6 Å². The van der Waals surface area contributed by atoms with Crippen molar-refractivity contribution in [3.63, 3.8) is 0 Å². The number of rotatable bonds is 7. The maximum absolute atomic E-state index is 13.3. The first-order chi connectivity index (χ1) is 16.4. The number of halogens is 2. The van der Waals surface area contributed by atoms with Gasteiger partial charge in [-0.25, -0.2) is 8.91 Å². The van der Waals surface area contributed by atoms with E-state index in [9.17, 15) is 19.1 Å². The number of aliphatic hydroxyl groups is 1. The summed E-state index contributed by atoms with van der Waals surface area (Å²) in [7, 11) is 2.89. The first kappa shape index (κ1) is 23.3. The molecule has 2 N–H and O–H groups in total. The van der Waals surface area contributed by atoms with E-state index in [2.05, 4.69) is 10.4 Å². The highest BCUT2D eigenvalue weighted by atomic mass is 35.5. The molecule has 0 spiro atoms. The number of hydrogen-bond donors (Lipinski definition) is 2. The largest absolute Gasteiger partial charge is 0.495 e. The lowest BCUT2D eigenvalue weighted by atomic mass is 10.1. The molecular formula is C23H20ClFN4O5. The van der Waals surface area contributed by atoms with Crippen molar-refractivity contribution in [1.82, 2.24) is 14.2 Å². The number of nitrogens with one attached hydrogen (secondary N) is 1. The standard InChI is InChI=1S/C23H20ClFN4O5/c1-33-18-10-19(34-2)17(9-16(18)24)26-20(31)11-28-7-8-29-22(23(28)32)15(12-30)21(27-29)13-3-5-14(25)6-4-13/h3-10,30H,11-12H2,1-2H3,(H,26,31). The molecule has 0 bridgehead atoms. The van der Waals surface area contributed by atoms with Gasteiger partial charge in [0.15, 0.2) is 0 Å². The fourth-order valence-corrected chi connectivity index (χ4v) is 3.81. The molecule has 0 unspecified atom stereocenters. The van der Waals surface area contributed by atoms with Crippen LogP contribution in [-0.2, 0) is 17.9 Å². The average Bonchev–Trinajstić information content (AvgIpc) is 3.21. The third-order valence-corrected chi connectivity index (χ3v) is 5.49. The molecule has 0 fully saturated rings. The molecule has 0 aliphatic heterocycles. The first-order valence-corrected chi connectivity index (χ1v) is 10.4. The van der Waals surface area contributed by atoms with Crippen LogP contribution in [0.15, 0.2) is 53.6 Å². The highest BCUT2D eigenvalue weighted by molar-refractivity contribution is 6.32. The van der Waals surface area contributed by atoms with Crippen LogP contribution in [0.3, 0.4) is 0 Å². The first-order valence-electron chi connectivity index (χ1n) is 10.0. The van der Waals surface area contributed by atoms with Gasteiger partial charge in [-0.15, -0.1) is 0 Å². The van der Waals surface area contributed by atoms with E-state index in [4.69, 9.17) is 21.1 Å². The predicted molar refractivity (Wildman–Crippen MR) is 124 cm³/mol. The van der Waals surface area contributed by atoms with Crippen LogP contribution < -0.4 is 20.3 Å². The van der Waals surface area contributed by atoms with E-state index in [1.807, 2.05) is 0 Å². The van der Waals surface area contributed by atoms with Gasteiger partial charge in [-0.1, -0.05) is 11.6 Å². The fourth-order valence-electron chi connectivity index (χ4n) is 3.57. The Kier molecular flexibility index (Phi) is 6.53. The number of carbonyl (C=O) groups excluding carboxylic acids is 1. The molecule has 0 saturated carbocycles. The van der Waals surface area contributed by atoms with E-state index in [1.165, 1.54) is 72.1 Å². The molecule has 0 aliphatic carbocycles. The quantitative estimate of drug-likeness (QED) is 0.415. The predicted octanol–water partition coefficient (Wildman–Crippen LogP) is 3.10. The molecule has 0 saturated heterocycles. The second-order valence-corrected chi connectivity index (χ2v) is 7.66. The van der Waals surface area contributed by atoms with Crippen molar-refractivity contribution < 1.29 is 23.8 Å². The fraction of sp³-hybridized carbons (Fsp3) is 0.174. The molecule has 0 aliphatic rings. The number of aliphatic hydroxyl groups excluding tert-OH is 1. The van der Waals surface area contributed by atoms with Gasteiger partial charge in [0.25, 0.3) is 5.56 Å². The van der Waals surface area contributed by atoms with Crippen molar-refractivity contribution in [3.8, 4) is 22.8 Å². The molecule has 1 amide bonds. The minimum atomic E-state index is -0.526. The van der Waals surface area contributed by atoms with Gasteiger partial charge in [0, 0.05) is 29.6 Å². The van der Waals surface area contributed by atoms with E-state index in [0.29, 0.717) is 28.4 Å². The van der Waals surface area contributed by atoms with Gasteiger partial charge < -0.3 is 24.5 Å². The minimum Gasteiger partial charge on any atom is -0.495 e. The number of methoxy groups -OCH3 is 2. The van der Waals surface area contributed by atoms with Crippen molar-refractivity contribution in [2.24, 2.45) is 0 Å². The Morgan fingerprint density at radius 2 is 1.85 bits per heavy atom. The van der Waals surface area contributed by atoms with Gasteiger partial charge in [-0.3, -0.25) is 9.59 Å². The molecule has 176 valence electrons. The SMILES string of the molecule is COc1cc(OC)c(NC(=O)Cn2ccn3nc(-c4ccc(F)cc4)c(CO)c3c2=O)cc1Cl. The van der Waals surface area contributed by atoms with E-state index >= 15 is 0 Å². The molecule has 34 heavy (non-hydrogen) atoms. The number of amides is 1. The third kappa shape index (κ3) is 4.33. The van der Waals surface area contributed by atoms with Crippen LogP contribution in [0, 0.1) is 5.82 Å². The Hall–Kier alpha value is -3.89. The van der Waals surface area contributed by atoms with Crippen LogP contribution in [0.4, 0.5) is 10.1 Å². The summed E-state index contributed by atoms with van der Waals surface area (Å²) in [5.41, 5.74) is 1.06. The van der Waals surface area contributed by atoms with E-state index in [0.717, 1.165) is 0 Å². The van der Waals surface area contributed by atoms with Crippen LogP contribution in [0.5, 0.6) is 11.5 Å². The highest BCUT2D eigenvalue weighted by Crippen LogP contribution is 2.35. The lowest BCUT2D eigenvalue weighted by Gasteiger charge is -2.13. The van der Waals surface area contributed by atoms with E-state index in [1.54, 1.807) is 0 Å². The number of hydrogen-bond acceptors (Lipinski definition) is 6. The summed E-state index contributed by atoms with van der Waals surface area (Å²) in [5.74, 6) is -0.205. The summed E-state index contributed by atoms with van der Waals surface area (Å²) in [5, 5.41) is 17.3. The highest BCUT2D eigenvalue weighted by Gasteiger charge is 2.19. The topological polar surface area (TPSA) is 107 Å². The molecule has 4 aromatic rings. The Morgan fingerprint density at radius 3 is 2.50 bits per heavy atom. The van der Waals surface area contributed by atoms with Crippen LogP contribution in [-0.4, -0.2) is 39.4 Å². The molecular weight excluding hydrogens is 467 g/mol. The van der Waals surface area contributed by atoms with Crippen molar-refractivity contribution >= 4 is 28.7 Å². The van der Waals surface area contributed by atoms with Crippen molar-refractivity contribution in [1.29, 1.82) is 0 Å². The Balaban J connectivity index is 1.66. The van der Waals surface area contributed by atoms with Gasteiger partial charge in [0.1, 0.15) is 29.4 Å². The monoisotopic (exact) mass is 486 g/mol. The van der Waals surface area contributed by atoms with Crippen molar-refractivity contribution in [2.45, 2.75) is 13.2 Å². The summed E-state index contributed by atoms with van der Waals surface area (Å²) < 4.78 is 26.2. The Labute approximate surface area is 197 Å². The molecule has 0 atom stereocenters. The van der Waals surface area contributed by atoms with Gasteiger partial charge >= 0.3 is 0 Å². The maximum atomic E-state index is 13.3. The third-order valence-electron chi connectivity index (χ3n) is 5.20. The summed E-state index contributed by atoms with van der Waals surface area (Å²) in [4.78, 5) is 25.9. The van der Waals surface area contributed by atoms with Crippen molar-refractivity contribution in [3.05, 3.63) is 75.5 Å². The van der Waals surface area contributed by atoms with Gasteiger partial charge in [-0.2, -0.15) is 5.10 Å². The van der Waals surface area contributed by atoms with Crippen LogP contribution in [0.1, 0.15) is 5.56 Å². The molecule has 2 aromatic carbocycles. The zero-order valence-corrected chi connectivity index (χ0v) is 19.0. The minimum absolute atomic E-state index is 0.113. The summed E-state index contributed by atoms with van der Waals surface area (Å²) in [6, 6.07) is 8.57. The molecule has 0 radical (unpaired) electrons. The molecule has 9 nitrogen and oxygen atoms in total. The normalized spacial score (nSPS) is 11.0. The Bertz CT molecular complexity index is 1430. The van der Waals surface area contributed by atoms with Crippen LogP contribution in [0.25, 0.3) is 16.8 Å². The van der Waals surface area contributed by atoms with Gasteiger partial charge in [0.05, 0.1) is 37.2 Å². The molecule has 11 heteroatoms. The summed E-state index contributed by atoms with van der Waals surface area (Å²) >= 11 is 6.15. The number of ether oxygens (including phenoxy) is 2. The number of carbonyl (C=O) groups is 1. The molecule has 4 rings (SSSR count). The molecule has 2 heterocycles. The van der Waals surface area contributed by atoms with Crippen molar-refractivity contribution in [2.75, 3.05) is 19.5 Å². The number of benzene rings is 2. The number of fused-ring (bicyclic) bond motifs is 1. The molecule has 2 aromatic heterocycles. The zero-order valence-electron chi connectivity index (χ0n) is 18.2. The van der Waals surface area contributed by atoms with Gasteiger partial charge in [0.2, 0.25) is 5.91 Å². The Morgan fingerprint density at radius 1 is 1.15 bits per heavy atom. The number of nitrogens with zero attached hydrogens (tertiary/aromatic N) is 3. The summed E-state index contributed by atoms with van der Waals surface area (Å²) in [6.07, 6.45) is 2.91. The zero-order chi connectivity index (χ0) is 24.4. The van der Waals surface area contributed by atoms with E-state index < -0.39 is 23.9 Å². The number of aromatic nitrogens is 3. The second kappa shape index (κ2) is 9.54. The second-order valence-electron chi connectivity index (χ2n) is 7.25. The average molecular weight is 487 g/mol.